The topological polar surface area (TPSA) is 71.9 Å². The smallest absolute Gasteiger partial charge is 0.339 e. The van der Waals surface area contributed by atoms with Gasteiger partial charge in [0.25, 0.3) is 0 Å². The van der Waals surface area contributed by atoms with Gasteiger partial charge in [0.05, 0.1) is 18.2 Å². The van der Waals surface area contributed by atoms with Crippen molar-refractivity contribution in [3.05, 3.63) is 23.4 Å². The highest BCUT2D eigenvalue weighted by atomic mass is 16.5. The van der Waals surface area contributed by atoms with Crippen LogP contribution in [0.5, 0.6) is 5.88 Å². The minimum atomic E-state index is -0.757. The summed E-state index contributed by atoms with van der Waals surface area (Å²) in [5.41, 5.74) is 0.397. The molecule has 0 radical (unpaired) electrons. The molecular weight excluding hydrogens is 344 g/mol. The number of unbranched alkanes of at least 4 members (excludes halogenated alkanes) is 2. The van der Waals surface area contributed by atoms with Crippen molar-refractivity contribution in [1.82, 2.24) is 9.88 Å². The number of carbonyl (C=O) groups is 1. The van der Waals surface area contributed by atoms with Crippen LogP contribution in [-0.4, -0.2) is 52.4 Å². The molecule has 0 aromatic carbocycles. The lowest BCUT2D eigenvalue weighted by Crippen LogP contribution is -2.54. The van der Waals surface area contributed by atoms with Gasteiger partial charge in [0.1, 0.15) is 11.7 Å². The Labute approximate surface area is 162 Å². The first kappa shape index (κ1) is 21.6. The number of hydrogen-bond donors (Lipinski definition) is 1. The number of pyridine rings is 1. The van der Waals surface area contributed by atoms with E-state index in [2.05, 4.69) is 23.7 Å². The van der Waals surface area contributed by atoms with Crippen molar-refractivity contribution in [3.8, 4) is 5.88 Å². The standard InChI is InChI=1S/C21H34N2O4/c1-6-9-11-23(12-10-7-2)17-16-13-15(20(25)26-8-3)14-22-19(16)27-21(4,5)18(17)24/h13-14,17-18,24H,6-12H2,1-5H3/t17-,18+/m1/s1. The monoisotopic (exact) mass is 378 g/mol. The maximum atomic E-state index is 12.2. The van der Waals surface area contributed by atoms with Gasteiger partial charge in [-0.25, -0.2) is 9.78 Å². The molecule has 0 fully saturated rings. The van der Waals surface area contributed by atoms with E-state index < -0.39 is 17.7 Å². The van der Waals surface area contributed by atoms with E-state index in [1.165, 1.54) is 6.20 Å². The summed E-state index contributed by atoms with van der Waals surface area (Å²) in [6, 6.07) is 1.51. The number of carbonyl (C=O) groups excluding carboxylic acids is 1. The van der Waals surface area contributed by atoms with Gasteiger partial charge in [-0.1, -0.05) is 26.7 Å². The van der Waals surface area contributed by atoms with Gasteiger partial charge in [0.15, 0.2) is 0 Å². The van der Waals surface area contributed by atoms with E-state index >= 15 is 0 Å². The molecule has 27 heavy (non-hydrogen) atoms. The first-order valence-corrected chi connectivity index (χ1v) is 10.1. The lowest BCUT2D eigenvalue weighted by Gasteiger charge is -2.46. The fraction of sp³-hybridized carbons (Fsp3) is 0.714. The Bertz CT molecular complexity index is 625. The van der Waals surface area contributed by atoms with Gasteiger partial charge in [0.2, 0.25) is 5.88 Å². The molecule has 0 saturated carbocycles. The average Bonchev–Trinajstić information content (AvgIpc) is 2.63. The van der Waals surface area contributed by atoms with Gasteiger partial charge in [-0.15, -0.1) is 0 Å². The number of hydrogen-bond acceptors (Lipinski definition) is 6. The summed E-state index contributed by atoms with van der Waals surface area (Å²) in [5, 5.41) is 11.1. The van der Waals surface area contributed by atoms with Crippen molar-refractivity contribution in [2.24, 2.45) is 0 Å². The van der Waals surface area contributed by atoms with Gasteiger partial charge < -0.3 is 14.6 Å². The molecule has 1 aliphatic heterocycles. The molecule has 0 aliphatic carbocycles. The molecule has 0 amide bonds. The van der Waals surface area contributed by atoms with Crippen LogP contribution in [0.1, 0.15) is 82.3 Å². The van der Waals surface area contributed by atoms with E-state index in [1.807, 2.05) is 13.8 Å². The van der Waals surface area contributed by atoms with Crippen LogP contribution in [0.3, 0.4) is 0 Å². The third kappa shape index (κ3) is 4.99. The van der Waals surface area contributed by atoms with Gasteiger partial charge in [-0.05, 0) is 52.8 Å². The number of esters is 1. The molecular formula is C21H34N2O4. The van der Waals surface area contributed by atoms with Gasteiger partial charge in [-0.3, -0.25) is 4.90 Å². The average molecular weight is 379 g/mol. The zero-order chi connectivity index (χ0) is 20.0. The van der Waals surface area contributed by atoms with Crippen LogP contribution in [0.2, 0.25) is 0 Å². The molecule has 2 atom stereocenters. The van der Waals surface area contributed by atoms with E-state index in [-0.39, 0.29) is 6.04 Å². The number of aromatic nitrogens is 1. The van der Waals surface area contributed by atoms with E-state index in [9.17, 15) is 9.90 Å². The molecule has 2 rings (SSSR count). The second kappa shape index (κ2) is 9.51. The molecule has 0 bridgehead atoms. The summed E-state index contributed by atoms with van der Waals surface area (Å²) in [4.78, 5) is 18.9. The molecule has 0 unspecified atom stereocenters. The fourth-order valence-electron chi connectivity index (χ4n) is 3.46. The highest BCUT2D eigenvalue weighted by Crippen LogP contribution is 2.42. The van der Waals surface area contributed by atoms with E-state index in [1.54, 1.807) is 13.0 Å². The van der Waals surface area contributed by atoms with Gasteiger partial charge in [0, 0.05) is 11.8 Å². The van der Waals surface area contributed by atoms with Crippen molar-refractivity contribution in [3.63, 3.8) is 0 Å². The molecule has 2 heterocycles. The molecule has 6 nitrogen and oxygen atoms in total. The van der Waals surface area contributed by atoms with Crippen LogP contribution in [-0.2, 0) is 4.74 Å². The van der Waals surface area contributed by atoms with E-state index in [4.69, 9.17) is 9.47 Å². The van der Waals surface area contributed by atoms with Gasteiger partial charge in [-0.2, -0.15) is 0 Å². The van der Waals surface area contributed by atoms with Gasteiger partial charge >= 0.3 is 5.97 Å². The predicted molar refractivity (Wildman–Crippen MR) is 105 cm³/mol. The second-order valence-corrected chi connectivity index (χ2v) is 7.68. The number of aliphatic hydroxyl groups is 1. The molecule has 0 spiro atoms. The van der Waals surface area contributed by atoms with Crippen LogP contribution in [0, 0.1) is 0 Å². The molecule has 1 aromatic rings. The Balaban J connectivity index is 2.46. The first-order valence-electron chi connectivity index (χ1n) is 10.1. The maximum absolute atomic E-state index is 12.2. The lowest BCUT2D eigenvalue weighted by molar-refractivity contribution is -0.0963. The largest absolute Gasteiger partial charge is 0.469 e. The molecule has 0 saturated heterocycles. The summed E-state index contributed by atoms with van der Waals surface area (Å²) in [7, 11) is 0. The summed E-state index contributed by atoms with van der Waals surface area (Å²) in [6.07, 6.45) is 5.03. The molecule has 1 N–H and O–H groups in total. The van der Waals surface area contributed by atoms with Crippen molar-refractivity contribution in [1.29, 1.82) is 0 Å². The highest BCUT2D eigenvalue weighted by molar-refractivity contribution is 5.89. The Morgan fingerprint density at radius 1 is 1.26 bits per heavy atom. The zero-order valence-corrected chi connectivity index (χ0v) is 17.3. The number of fused-ring (bicyclic) bond motifs is 1. The summed E-state index contributed by atoms with van der Waals surface area (Å²) in [6.45, 7) is 11.9. The molecule has 152 valence electrons. The minimum Gasteiger partial charge on any atom is -0.469 e. The van der Waals surface area contributed by atoms with Crippen molar-refractivity contribution in [2.45, 2.75) is 78.0 Å². The van der Waals surface area contributed by atoms with E-state index in [0.29, 0.717) is 18.1 Å². The van der Waals surface area contributed by atoms with Crippen molar-refractivity contribution >= 4 is 5.97 Å². The summed E-state index contributed by atoms with van der Waals surface area (Å²) >= 11 is 0. The van der Waals surface area contributed by atoms with E-state index in [0.717, 1.165) is 44.3 Å². The Morgan fingerprint density at radius 3 is 2.44 bits per heavy atom. The van der Waals surface area contributed by atoms with Crippen LogP contribution >= 0.6 is 0 Å². The first-order chi connectivity index (χ1) is 12.9. The Morgan fingerprint density at radius 2 is 1.89 bits per heavy atom. The number of ether oxygens (including phenoxy) is 2. The highest BCUT2D eigenvalue weighted by Gasteiger charge is 2.46. The van der Waals surface area contributed by atoms with Crippen LogP contribution in [0.4, 0.5) is 0 Å². The summed E-state index contributed by atoms with van der Waals surface area (Å²) < 4.78 is 11.1. The molecule has 1 aromatic heterocycles. The number of rotatable bonds is 9. The third-order valence-corrected chi connectivity index (χ3v) is 5.07. The minimum absolute atomic E-state index is 0.260. The van der Waals surface area contributed by atoms with Crippen LogP contribution < -0.4 is 4.74 Å². The predicted octanol–water partition coefficient (Wildman–Crippen LogP) is 3.73. The van der Waals surface area contributed by atoms with Crippen molar-refractivity contribution in [2.75, 3.05) is 19.7 Å². The Hall–Kier alpha value is -1.66. The maximum Gasteiger partial charge on any atom is 0.339 e. The van der Waals surface area contributed by atoms with Crippen molar-refractivity contribution < 1.29 is 19.4 Å². The third-order valence-electron chi connectivity index (χ3n) is 5.07. The fourth-order valence-corrected chi connectivity index (χ4v) is 3.46. The normalized spacial score (nSPS) is 20.9. The number of nitrogens with zero attached hydrogens (tertiary/aromatic N) is 2. The molecule has 6 heteroatoms. The SMILES string of the molecule is CCCCN(CCCC)[C@@H]1c2cc(C(=O)OCC)cnc2OC(C)(C)[C@H]1O. The zero-order valence-electron chi connectivity index (χ0n) is 17.3. The van der Waals surface area contributed by atoms with Crippen LogP contribution in [0.15, 0.2) is 12.3 Å². The summed E-state index contributed by atoms with van der Waals surface area (Å²) in [5.74, 6) is 0.0842. The second-order valence-electron chi connectivity index (χ2n) is 7.68. The quantitative estimate of drug-likeness (QED) is 0.660. The molecule has 1 aliphatic rings. The number of aliphatic hydroxyl groups excluding tert-OH is 1. The Kier molecular flexibility index (Phi) is 7.62. The van der Waals surface area contributed by atoms with Crippen LogP contribution in [0.25, 0.3) is 0 Å². The lowest BCUT2D eigenvalue weighted by atomic mass is 9.86.